The molecule has 1 aromatic heterocycles. The highest BCUT2D eigenvalue weighted by Crippen LogP contribution is 2.20. The predicted octanol–water partition coefficient (Wildman–Crippen LogP) is 3.39. The van der Waals surface area contributed by atoms with Crippen LogP contribution in [0.15, 0.2) is 36.7 Å². The van der Waals surface area contributed by atoms with Crippen LogP contribution >= 0.6 is 0 Å². The van der Waals surface area contributed by atoms with E-state index in [0.717, 1.165) is 18.3 Å². The Bertz CT molecular complexity index is 587. The van der Waals surface area contributed by atoms with Crippen molar-refractivity contribution in [3.63, 3.8) is 0 Å². The molecule has 0 fully saturated rings. The summed E-state index contributed by atoms with van der Waals surface area (Å²) in [7, 11) is 0. The Morgan fingerprint density at radius 2 is 1.90 bits per heavy atom. The fraction of sp³-hybridized carbons (Fsp3) is 0.267. The van der Waals surface area contributed by atoms with Crippen molar-refractivity contribution in [1.29, 1.82) is 0 Å². The number of pyridine rings is 1. The van der Waals surface area contributed by atoms with E-state index in [0.29, 0.717) is 24.1 Å². The molecule has 0 spiro atoms. The number of halogens is 3. The average Bonchev–Trinajstić information content (AvgIpc) is 2.42. The molecule has 0 aliphatic carbocycles. The second kappa shape index (κ2) is 6.52. The first kappa shape index (κ1) is 14.5. The van der Waals surface area contributed by atoms with Gasteiger partial charge in [0.25, 0.3) is 0 Å². The highest BCUT2D eigenvalue weighted by Gasteiger charge is 2.13. The van der Waals surface area contributed by atoms with E-state index < -0.39 is 17.5 Å². The standard InChI is InChI=1S/C15H15F3N2/c1-2-20-15(11-7-12(16)9-19-8-11)6-10-3-4-13(17)14(18)5-10/h3-5,7-9,15,20H,2,6H2,1H3. The van der Waals surface area contributed by atoms with Gasteiger partial charge in [0.2, 0.25) is 0 Å². The molecule has 20 heavy (non-hydrogen) atoms. The SMILES string of the molecule is CCNC(Cc1ccc(F)c(F)c1)c1cncc(F)c1. The molecule has 1 atom stereocenters. The minimum Gasteiger partial charge on any atom is -0.310 e. The van der Waals surface area contributed by atoms with Crippen molar-refractivity contribution < 1.29 is 13.2 Å². The molecule has 0 aliphatic heterocycles. The molecular weight excluding hydrogens is 265 g/mol. The number of nitrogens with zero attached hydrogens (tertiary/aromatic N) is 1. The Kier molecular flexibility index (Phi) is 4.74. The summed E-state index contributed by atoms with van der Waals surface area (Å²) >= 11 is 0. The van der Waals surface area contributed by atoms with E-state index in [-0.39, 0.29) is 6.04 Å². The van der Waals surface area contributed by atoms with E-state index in [1.54, 1.807) is 6.20 Å². The quantitative estimate of drug-likeness (QED) is 0.908. The van der Waals surface area contributed by atoms with Crippen molar-refractivity contribution in [3.8, 4) is 0 Å². The topological polar surface area (TPSA) is 24.9 Å². The largest absolute Gasteiger partial charge is 0.310 e. The van der Waals surface area contributed by atoms with E-state index in [1.807, 2.05) is 6.92 Å². The number of aromatic nitrogens is 1. The van der Waals surface area contributed by atoms with Crippen LogP contribution in [0.1, 0.15) is 24.1 Å². The molecule has 0 saturated heterocycles. The summed E-state index contributed by atoms with van der Waals surface area (Å²) in [5.74, 6) is -2.17. The van der Waals surface area contributed by atoms with Gasteiger partial charge in [-0.2, -0.15) is 0 Å². The number of nitrogens with one attached hydrogen (secondary N) is 1. The van der Waals surface area contributed by atoms with Crippen molar-refractivity contribution in [2.75, 3.05) is 6.54 Å². The van der Waals surface area contributed by atoms with Gasteiger partial charge in [0, 0.05) is 12.2 Å². The lowest BCUT2D eigenvalue weighted by Crippen LogP contribution is -2.23. The monoisotopic (exact) mass is 280 g/mol. The first-order valence-electron chi connectivity index (χ1n) is 6.38. The molecular formula is C15H15F3N2. The van der Waals surface area contributed by atoms with Crippen LogP contribution in [-0.2, 0) is 6.42 Å². The zero-order valence-corrected chi connectivity index (χ0v) is 11.0. The molecule has 2 rings (SSSR count). The number of rotatable bonds is 5. The smallest absolute Gasteiger partial charge is 0.159 e. The minimum atomic E-state index is -0.880. The van der Waals surface area contributed by atoms with Crippen LogP contribution < -0.4 is 5.32 Å². The van der Waals surface area contributed by atoms with E-state index in [4.69, 9.17) is 0 Å². The molecule has 0 saturated carbocycles. The molecule has 0 radical (unpaired) electrons. The molecule has 0 amide bonds. The van der Waals surface area contributed by atoms with Crippen LogP contribution in [0.3, 0.4) is 0 Å². The van der Waals surface area contributed by atoms with Crippen LogP contribution in [0.4, 0.5) is 13.2 Å². The van der Waals surface area contributed by atoms with Gasteiger partial charge in [-0.15, -0.1) is 0 Å². The van der Waals surface area contributed by atoms with E-state index in [2.05, 4.69) is 10.3 Å². The Labute approximate surface area is 115 Å². The van der Waals surface area contributed by atoms with Crippen molar-refractivity contribution in [2.24, 2.45) is 0 Å². The van der Waals surface area contributed by atoms with Gasteiger partial charge in [-0.25, -0.2) is 13.2 Å². The predicted molar refractivity (Wildman–Crippen MR) is 70.7 cm³/mol. The van der Waals surface area contributed by atoms with Gasteiger partial charge in [-0.05, 0) is 42.3 Å². The highest BCUT2D eigenvalue weighted by atomic mass is 19.2. The summed E-state index contributed by atoms with van der Waals surface area (Å²) in [6.45, 7) is 2.59. The first-order valence-corrected chi connectivity index (χ1v) is 6.38. The number of likely N-dealkylation sites (N-methyl/N-ethyl adjacent to an activating group) is 1. The van der Waals surface area contributed by atoms with Crippen molar-refractivity contribution in [3.05, 3.63) is 65.2 Å². The summed E-state index contributed by atoms with van der Waals surface area (Å²) in [4.78, 5) is 3.81. The maximum atomic E-state index is 13.2. The molecule has 1 heterocycles. The summed E-state index contributed by atoms with van der Waals surface area (Å²) in [6, 6.07) is 4.97. The zero-order valence-electron chi connectivity index (χ0n) is 11.0. The van der Waals surface area contributed by atoms with Gasteiger partial charge in [-0.3, -0.25) is 4.98 Å². The third-order valence-electron chi connectivity index (χ3n) is 3.00. The fourth-order valence-electron chi connectivity index (χ4n) is 2.08. The normalized spacial score (nSPS) is 12.4. The lowest BCUT2D eigenvalue weighted by Gasteiger charge is -2.18. The third kappa shape index (κ3) is 3.57. The van der Waals surface area contributed by atoms with E-state index in [1.165, 1.54) is 12.1 Å². The number of benzene rings is 1. The van der Waals surface area contributed by atoms with Crippen LogP contribution in [0.2, 0.25) is 0 Å². The molecule has 2 aromatic rings. The maximum absolute atomic E-state index is 13.2. The second-order valence-electron chi connectivity index (χ2n) is 4.50. The molecule has 1 unspecified atom stereocenters. The number of hydrogen-bond donors (Lipinski definition) is 1. The maximum Gasteiger partial charge on any atom is 0.159 e. The summed E-state index contributed by atoms with van der Waals surface area (Å²) in [5.41, 5.74) is 1.32. The van der Waals surface area contributed by atoms with Gasteiger partial charge in [-0.1, -0.05) is 13.0 Å². The van der Waals surface area contributed by atoms with Crippen molar-refractivity contribution >= 4 is 0 Å². The Morgan fingerprint density at radius 3 is 2.55 bits per heavy atom. The van der Waals surface area contributed by atoms with Crippen LogP contribution in [0, 0.1) is 17.5 Å². The molecule has 1 N–H and O–H groups in total. The van der Waals surface area contributed by atoms with E-state index >= 15 is 0 Å². The van der Waals surface area contributed by atoms with Crippen molar-refractivity contribution in [1.82, 2.24) is 10.3 Å². The summed E-state index contributed by atoms with van der Waals surface area (Å²) in [6.07, 6.45) is 3.12. The van der Waals surface area contributed by atoms with Crippen LogP contribution in [-0.4, -0.2) is 11.5 Å². The molecule has 2 nitrogen and oxygen atoms in total. The molecule has 1 aromatic carbocycles. The molecule has 0 bridgehead atoms. The van der Waals surface area contributed by atoms with Gasteiger partial charge in [0.1, 0.15) is 5.82 Å². The Balaban J connectivity index is 2.22. The molecule has 5 heteroatoms. The highest BCUT2D eigenvalue weighted by molar-refractivity contribution is 5.23. The van der Waals surface area contributed by atoms with E-state index in [9.17, 15) is 13.2 Å². The average molecular weight is 280 g/mol. The van der Waals surface area contributed by atoms with Gasteiger partial charge in [0.15, 0.2) is 11.6 Å². The summed E-state index contributed by atoms with van der Waals surface area (Å²) in [5, 5.41) is 3.19. The Morgan fingerprint density at radius 1 is 1.10 bits per heavy atom. The molecule has 0 aliphatic rings. The van der Waals surface area contributed by atoms with Gasteiger partial charge >= 0.3 is 0 Å². The first-order chi connectivity index (χ1) is 9.60. The third-order valence-corrected chi connectivity index (χ3v) is 3.00. The van der Waals surface area contributed by atoms with Gasteiger partial charge in [0.05, 0.1) is 6.20 Å². The lowest BCUT2D eigenvalue weighted by atomic mass is 10.00. The summed E-state index contributed by atoms with van der Waals surface area (Å²) < 4.78 is 39.3. The fourth-order valence-corrected chi connectivity index (χ4v) is 2.08. The number of hydrogen-bond acceptors (Lipinski definition) is 2. The molecule has 106 valence electrons. The Hall–Kier alpha value is -1.88. The second-order valence-corrected chi connectivity index (χ2v) is 4.50. The van der Waals surface area contributed by atoms with Gasteiger partial charge < -0.3 is 5.32 Å². The van der Waals surface area contributed by atoms with Crippen LogP contribution in [0.25, 0.3) is 0 Å². The van der Waals surface area contributed by atoms with Crippen LogP contribution in [0.5, 0.6) is 0 Å². The van der Waals surface area contributed by atoms with Crippen molar-refractivity contribution in [2.45, 2.75) is 19.4 Å². The zero-order chi connectivity index (χ0) is 14.5. The minimum absolute atomic E-state index is 0.201. The lowest BCUT2D eigenvalue weighted by molar-refractivity contribution is 0.501.